The Labute approximate surface area is 141 Å². The first kappa shape index (κ1) is 18.0. The molecule has 0 bridgehead atoms. The lowest BCUT2D eigenvalue weighted by molar-refractivity contribution is 0.301. The molecule has 2 aliphatic rings. The van der Waals surface area contributed by atoms with Gasteiger partial charge in [-0.25, -0.2) is 0 Å². The summed E-state index contributed by atoms with van der Waals surface area (Å²) in [5.74, 6) is 2.35. The van der Waals surface area contributed by atoms with E-state index in [-0.39, 0.29) is 0 Å². The van der Waals surface area contributed by atoms with Gasteiger partial charge in [0.15, 0.2) is 5.83 Å². The molecule has 2 saturated carbocycles. The van der Waals surface area contributed by atoms with Crippen LogP contribution < -0.4 is 0 Å². The first-order valence-corrected chi connectivity index (χ1v) is 9.33. The van der Waals surface area contributed by atoms with E-state index in [1.54, 1.807) is 6.08 Å². The molecule has 0 spiro atoms. The number of halogens is 1. The average Bonchev–Trinajstić information content (AvgIpc) is 2.61. The number of allylic oxidation sites excluding steroid dienone is 6. The van der Waals surface area contributed by atoms with Crippen molar-refractivity contribution in [1.29, 1.82) is 5.26 Å². The van der Waals surface area contributed by atoms with Gasteiger partial charge in [-0.1, -0.05) is 37.6 Å². The molecule has 0 unspecified atom stereocenters. The fourth-order valence-electron chi connectivity index (χ4n) is 3.97. The smallest absolute Gasteiger partial charge is 0.195 e. The Bertz CT molecular complexity index is 467. The normalized spacial score (nSPS) is 33.2. The van der Waals surface area contributed by atoms with Gasteiger partial charge in [0.1, 0.15) is 6.07 Å². The summed E-state index contributed by atoms with van der Waals surface area (Å²) in [6.07, 6.45) is 21.8. The molecule has 1 nitrogen and oxygen atoms in total. The van der Waals surface area contributed by atoms with Gasteiger partial charge in [0.25, 0.3) is 0 Å². The Kier molecular flexibility index (Phi) is 7.59. The number of hydrogen-bond acceptors (Lipinski definition) is 1. The van der Waals surface area contributed by atoms with Crippen LogP contribution in [0.3, 0.4) is 0 Å². The third kappa shape index (κ3) is 6.34. The monoisotopic (exact) mass is 315 g/mol. The van der Waals surface area contributed by atoms with Crippen LogP contribution in [0.15, 0.2) is 36.2 Å². The van der Waals surface area contributed by atoms with Gasteiger partial charge >= 0.3 is 0 Å². The van der Waals surface area contributed by atoms with Crippen molar-refractivity contribution in [3.05, 3.63) is 36.2 Å². The molecule has 0 atom stereocenters. The summed E-state index contributed by atoms with van der Waals surface area (Å²) in [6, 6.07) is 1.50. The molecule has 2 rings (SSSR count). The highest BCUT2D eigenvalue weighted by Crippen LogP contribution is 2.34. The molecule has 2 aliphatic carbocycles. The average molecular weight is 315 g/mol. The third-order valence-corrected chi connectivity index (χ3v) is 5.67. The zero-order chi connectivity index (χ0) is 16.5. The molecule has 0 radical (unpaired) electrons. The molecule has 2 heteroatoms. The highest BCUT2D eigenvalue weighted by molar-refractivity contribution is 5.19. The highest BCUT2D eigenvalue weighted by atomic mass is 19.1. The van der Waals surface area contributed by atoms with Crippen molar-refractivity contribution >= 4 is 0 Å². The first-order chi connectivity index (χ1) is 11.2. The van der Waals surface area contributed by atoms with Crippen LogP contribution in [0, 0.1) is 35.0 Å². The van der Waals surface area contributed by atoms with Crippen molar-refractivity contribution in [1.82, 2.24) is 0 Å². The minimum absolute atomic E-state index is 0.544. The molecule has 0 aromatic carbocycles. The SMILES string of the molecule is CCC1CCC(/C=C/C2CCC(C=CC=C(F)C#N)CC2)CC1. The Morgan fingerprint density at radius 1 is 0.913 bits per heavy atom. The van der Waals surface area contributed by atoms with E-state index in [9.17, 15) is 4.39 Å². The standard InChI is InChI=1S/C21H30FN/c1-2-17-6-8-19(9-7-17)14-15-20-12-10-18(11-13-20)4-3-5-21(22)16-23/h3-5,14-15,17-20H,2,6-13H2,1H3/b4-3?,15-14+,21-5?. The lowest BCUT2D eigenvalue weighted by Gasteiger charge is -2.27. The van der Waals surface area contributed by atoms with Gasteiger partial charge in [0.2, 0.25) is 0 Å². The zero-order valence-corrected chi connectivity index (χ0v) is 14.4. The number of nitriles is 1. The fourth-order valence-corrected chi connectivity index (χ4v) is 3.97. The molecular formula is C21H30FN. The maximum atomic E-state index is 12.7. The van der Waals surface area contributed by atoms with Crippen molar-refractivity contribution < 1.29 is 4.39 Å². The molecule has 0 amide bonds. The van der Waals surface area contributed by atoms with E-state index in [0.29, 0.717) is 5.92 Å². The molecular weight excluding hydrogens is 285 g/mol. The quantitative estimate of drug-likeness (QED) is 0.323. The summed E-state index contributed by atoms with van der Waals surface area (Å²) in [5, 5.41) is 8.37. The maximum absolute atomic E-state index is 12.7. The molecule has 0 aliphatic heterocycles. The summed E-state index contributed by atoms with van der Waals surface area (Å²) in [6.45, 7) is 2.32. The predicted octanol–water partition coefficient (Wildman–Crippen LogP) is 6.50. The van der Waals surface area contributed by atoms with Gasteiger partial charge in [0.05, 0.1) is 0 Å². The summed E-state index contributed by atoms with van der Waals surface area (Å²) >= 11 is 0. The number of rotatable bonds is 5. The Morgan fingerprint density at radius 3 is 1.87 bits per heavy atom. The van der Waals surface area contributed by atoms with Crippen LogP contribution in [0.1, 0.15) is 64.7 Å². The molecule has 0 saturated heterocycles. The van der Waals surface area contributed by atoms with Crippen LogP contribution >= 0.6 is 0 Å². The topological polar surface area (TPSA) is 23.8 Å². The molecule has 0 aromatic rings. The van der Waals surface area contributed by atoms with Gasteiger partial charge in [-0.15, -0.1) is 0 Å². The van der Waals surface area contributed by atoms with E-state index in [4.69, 9.17) is 5.26 Å². The van der Waals surface area contributed by atoms with Crippen LogP contribution in [0.2, 0.25) is 0 Å². The van der Waals surface area contributed by atoms with Crippen LogP contribution in [-0.4, -0.2) is 0 Å². The van der Waals surface area contributed by atoms with Crippen molar-refractivity contribution in [2.45, 2.75) is 64.7 Å². The number of nitrogens with zero attached hydrogens (tertiary/aromatic N) is 1. The Balaban J connectivity index is 1.69. The minimum Gasteiger partial charge on any atom is -0.195 e. The Hall–Kier alpha value is -1.36. The van der Waals surface area contributed by atoms with Gasteiger partial charge in [-0.2, -0.15) is 9.65 Å². The third-order valence-electron chi connectivity index (χ3n) is 5.67. The van der Waals surface area contributed by atoms with E-state index in [0.717, 1.165) is 17.8 Å². The van der Waals surface area contributed by atoms with Crippen molar-refractivity contribution in [2.75, 3.05) is 0 Å². The minimum atomic E-state index is -0.712. The number of hydrogen-bond donors (Lipinski definition) is 0. The van der Waals surface area contributed by atoms with Gasteiger partial charge in [-0.3, -0.25) is 0 Å². The molecule has 0 N–H and O–H groups in total. The fraction of sp³-hybridized carbons (Fsp3) is 0.667. The van der Waals surface area contributed by atoms with E-state index in [1.165, 1.54) is 69.9 Å². The van der Waals surface area contributed by atoms with Gasteiger partial charge in [0, 0.05) is 0 Å². The van der Waals surface area contributed by atoms with Crippen LogP contribution in [-0.2, 0) is 0 Å². The van der Waals surface area contributed by atoms with Crippen LogP contribution in [0.5, 0.6) is 0 Å². The summed E-state index contributed by atoms with van der Waals surface area (Å²) in [7, 11) is 0. The van der Waals surface area contributed by atoms with Crippen molar-refractivity contribution in [3.63, 3.8) is 0 Å². The molecule has 23 heavy (non-hydrogen) atoms. The van der Waals surface area contributed by atoms with E-state index >= 15 is 0 Å². The second-order valence-electron chi connectivity index (χ2n) is 7.26. The predicted molar refractivity (Wildman–Crippen MR) is 94.3 cm³/mol. The van der Waals surface area contributed by atoms with Crippen molar-refractivity contribution in [2.24, 2.45) is 23.7 Å². The maximum Gasteiger partial charge on any atom is 0.199 e. The van der Waals surface area contributed by atoms with Gasteiger partial charge in [-0.05, 0) is 81.1 Å². The molecule has 0 heterocycles. The zero-order valence-electron chi connectivity index (χ0n) is 14.4. The summed E-state index contributed by atoms with van der Waals surface area (Å²) < 4.78 is 12.7. The second kappa shape index (κ2) is 9.71. The Morgan fingerprint density at radius 2 is 1.39 bits per heavy atom. The van der Waals surface area contributed by atoms with E-state index in [2.05, 4.69) is 25.2 Å². The molecule has 2 fully saturated rings. The van der Waals surface area contributed by atoms with Crippen molar-refractivity contribution in [3.8, 4) is 6.07 Å². The second-order valence-corrected chi connectivity index (χ2v) is 7.26. The first-order valence-electron chi connectivity index (χ1n) is 9.33. The van der Waals surface area contributed by atoms with Gasteiger partial charge < -0.3 is 0 Å². The highest BCUT2D eigenvalue weighted by Gasteiger charge is 2.20. The summed E-state index contributed by atoms with van der Waals surface area (Å²) in [4.78, 5) is 0. The largest absolute Gasteiger partial charge is 0.199 e. The van der Waals surface area contributed by atoms with Crippen LogP contribution in [0.25, 0.3) is 0 Å². The lowest BCUT2D eigenvalue weighted by Crippen LogP contribution is -2.14. The molecule has 0 aromatic heterocycles. The summed E-state index contributed by atoms with van der Waals surface area (Å²) in [5.41, 5.74) is 0. The lowest BCUT2D eigenvalue weighted by atomic mass is 9.78. The van der Waals surface area contributed by atoms with Crippen LogP contribution in [0.4, 0.5) is 4.39 Å². The molecule has 126 valence electrons. The van der Waals surface area contributed by atoms with E-state index < -0.39 is 5.83 Å². The van der Waals surface area contributed by atoms with E-state index in [1.807, 2.05) is 0 Å².